The number of halogens is 3. The standard InChI is InChI=1S/C18H24F3N3O3/c19-18(20,21)16-11-4-1-2-5-12(11)24(22-16)9-15(27)23-7-3-6-17(10-23)13(25)8-14(17)26/h13-14,25-26H,1-10H2. The molecule has 1 amide bonds. The highest BCUT2D eigenvalue weighted by Gasteiger charge is 2.56. The third kappa shape index (κ3) is 3.04. The van der Waals surface area contributed by atoms with Gasteiger partial charge in [0, 0.05) is 36.2 Å². The Labute approximate surface area is 155 Å². The van der Waals surface area contributed by atoms with Crippen LogP contribution in [-0.2, 0) is 30.4 Å². The SMILES string of the molecule is O=C(Cn1nc(C(F)(F)F)c2c1CCCC2)N1CCCC2(C1)C(O)CC2O. The number of hydrogen-bond acceptors (Lipinski definition) is 4. The second-order valence-electron chi connectivity index (χ2n) is 8.06. The van der Waals surface area contributed by atoms with Crippen LogP contribution in [0.2, 0.25) is 0 Å². The van der Waals surface area contributed by atoms with E-state index >= 15 is 0 Å². The van der Waals surface area contributed by atoms with Gasteiger partial charge in [0.25, 0.3) is 0 Å². The molecule has 1 spiro atoms. The van der Waals surface area contributed by atoms with E-state index in [9.17, 15) is 28.2 Å². The van der Waals surface area contributed by atoms with E-state index in [0.29, 0.717) is 50.8 Å². The average molecular weight is 387 g/mol. The molecule has 150 valence electrons. The third-order valence-corrected chi connectivity index (χ3v) is 6.49. The Kier molecular flexibility index (Phi) is 4.50. The van der Waals surface area contributed by atoms with Crippen LogP contribution in [0.1, 0.15) is 49.1 Å². The third-order valence-electron chi connectivity index (χ3n) is 6.49. The number of piperidine rings is 1. The number of carbonyl (C=O) groups excluding carboxylic acids is 1. The zero-order chi connectivity index (χ0) is 19.4. The Balaban J connectivity index is 1.54. The monoisotopic (exact) mass is 387 g/mol. The number of amides is 1. The molecule has 9 heteroatoms. The van der Waals surface area contributed by atoms with Crippen molar-refractivity contribution in [2.45, 2.75) is 69.9 Å². The van der Waals surface area contributed by atoms with Gasteiger partial charge in [-0.15, -0.1) is 0 Å². The van der Waals surface area contributed by atoms with Crippen molar-refractivity contribution in [2.24, 2.45) is 5.41 Å². The largest absolute Gasteiger partial charge is 0.435 e. The maximum atomic E-state index is 13.3. The Morgan fingerprint density at radius 1 is 1.19 bits per heavy atom. The molecule has 2 fully saturated rings. The van der Waals surface area contributed by atoms with Gasteiger partial charge in [0.1, 0.15) is 6.54 Å². The number of aliphatic hydroxyl groups is 2. The lowest BCUT2D eigenvalue weighted by Gasteiger charge is -2.55. The molecule has 2 heterocycles. The molecule has 1 aromatic rings. The highest BCUT2D eigenvalue weighted by atomic mass is 19.4. The van der Waals surface area contributed by atoms with Crippen LogP contribution in [0.4, 0.5) is 13.2 Å². The van der Waals surface area contributed by atoms with E-state index in [2.05, 4.69) is 5.10 Å². The van der Waals surface area contributed by atoms with E-state index in [1.54, 1.807) is 4.90 Å². The predicted molar refractivity (Wildman–Crippen MR) is 88.7 cm³/mol. The first kappa shape index (κ1) is 18.7. The summed E-state index contributed by atoms with van der Waals surface area (Å²) in [6.45, 7) is 0.486. The summed E-state index contributed by atoms with van der Waals surface area (Å²) in [5.74, 6) is -0.315. The van der Waals surface area contributed by atoms with Crippen LogP contribution in [0.25, 0.3) is 0 Å². The number of fused-ring (bicyclic) bond motifs is 1. The molecule has 2 aliphatic carbocycles. The molecular formula is C18H24F3N3O3. The van der Waals surface area contributed by atoms with E-state index in [1.807, 2.05) is 0 Å². The maximum Gasteiger partial charge on any atom is 0.435 e. The molecule has 1 aliphatic heterocycles. The summed E-state index contributed by atoms with van der Waals surface area (Å²) in [5.41, 5.74) is -0.821. The Bertz CT molecular complexity index is 738. The van der Waals surface area contributed by atoms with Crippen molar-refractivity contribution in [3.63, 3.8) is 0 Å². The molecular weight excluding hydrogens is 363 g/mol. The zero-order valence-electron chi connectivity index (χ0n) is 15.0. The van der Waals surface area contributed by atoms with E-state index in [4.69, 9.17) is 0 Å². The second kappa shape index (κ2) is 6.48. The van der Waals surface area contributed by atoms with Gasteiger partial charge in [0.2, 0.25) is 5.91 Å². The molecule has 0 radical (unpaired) electrons. The van der Waals surface area contributed by atoms with Crippen molar-refractivity contribution in [3.05, 3.63) is 17.0 Å². The van der Waals surface area contributed by atoms with E-state index in [-0.39, 0.29) is 24.6 Å². The number of aromatic nitrogens is 2. The molecule has 27 heavy (non-hydrogen) atoms. The number of carbonyl (C=O) groups is 1. The van der Waals surface area contributed by atoms with Crippen LogP contribution < -0.4 is 0 Å². The first-order valence-electron chi connectivity index (χ1n) is 9.52. The van der Waals surface area contributed by atoms with Gasteiger partial charge >= 0.3 is 6.18 Å². The summed E-state index contributed by atoms with van der Waals surface area (Å²) in [5, 5.41) is 23.9. The molecule has 2 N–H and O–H groups in total. The molecule has 1 saturated heterocycles. The summed E-state index contributed by atoms with van der Waals surface area (Å²) in [7, 11) is 0. The predicted octanol–water partition coefficient (Wildman–Crippen LogP) is 1.52. The molecule has 6 nitrogen and oxygen atoms in total. The summed E-state index contributed by atoms with van der Waals surface area (Å²) < 4.78 is 41.1. The number of aliphatic hydroxyl groups excluding tert-OH is 2. The summed E-state index contributed by atoms with van der Waals surface area (Å²) in [6, 6.07) is 0. The molecule has 1 aromatic heterocycles. The van der Waals surface area contributed by atoms with Gasteiger partial charge in [0.15, 0.2) is 5.69 Å². The highest BCUT2D eigenvalue weighted by Crippen LogP contribution is 2.48. The number of alkyl halides is 3. The van der Waals surface area contributed by atoms with Crippen molar-refractivity contribution in [1.29, 1.82) is 0 Å². The van der Waals surface area contributed by atoms with Gasteiger partial charge < -0.3 is 15.1 Å². The molecule has 0 bridgehead atoms. The van der Waals surface area contributed by atoms with E-state index in [0.717, 1.165) is 6.42 Å². The van der Waals surface area contributed by atoms with Crippen molar-refractivity contribution >= 4 is 5.91 Å². The number of rotatable bonds is 2. The lowest BCUT2D eigenvalue weighted by atomic mass is 9.59. The first-order chi connectivity index (χ1) is 12.7. The van der Waals surface area contributed by atoms with Gasteiger partial charge in [-0.1, -0.05) is 0 Å². The fourth-order valence-corrected chi connectivity index (χ4v) is 4.87. The average Bonchev–Trinajstić information content (AvgIpc) is 3.01. The molecule has 0 aromatic carbocycles. The zero-order valence-corrected chi connectivity index (χ0v) is 15.0. The van der Waals surface area contributed by atoms with Crippen molar-refractivity contribution < 1.29 is 28.2 Å². The molecule has 2 atom stereocenters. The smallest absolute Gasteiger partial charge is 0.392 e. The maximum absolute atomic E-state index is 13.3. The fourth-order valence-electron chi connectivity index (χ4n) is 4.87. The van der Waals surface area contributed by atoms with Crippen LogP contribution in [0.15, 0.2) is 0 Å². The van der Waals surface area contributed by atoms with Crippen molar-refractivity contribution in [1.82, 2.24) is 14.7 Å². The van der Waals surface area contributed by atoms with Crippen molar-refractivity contribution in [3.8, 4) is 0 Å². The summed E-state index contributed by atoms with van der Waals surface area (Å²) in [6.07, 6.45) is -1.88. The summed E-state index contributed by atoms with van der Waals surface area (Å²) >= 11 is 0. The van der Waals surface area contributed by atoms with Crippen molar-refractivity contribution in [2.75, 3.05) is 13.1 Å². The number of hydrogen-bond donors (Lipinski definition) is 2. The Morgan fingerprint density at radius 2 is 1.89 bits per heavy atom. The normalized spacial score (nSPS) is 30.9. The molecule has 2 unspecified atom stereocenters. The minimum absolute atomic E-state index is 0.224. The van der Waals surface area contributed by atoms with Crippen LogP contribution in [0, 0.1) is 5.41 Å². The van der Waals surface area contributed by atoms with E-state index in [1.165, 1.54) is 4.68 Å². The molecule has 4 rings (SSSR count). The van der Waals surface area contributed by atoms with Gasteiger partial charge in [-0.2, -0.15) is 18.3 Å². The Hall–Kier alpha value is -1.61. The molecule has 1 saturated carbocycles. The lowest BCUT2D eigenvalue weighted by molar-refractivity contribution is -0.195. The van der Waals surface area contributed by atoms with Gasteiger partial charge in [-0.25, -0.2) is 0 Å². The number of nitrogens with zero attached hydrogens (tertiary/aromatic N) is 3. The second-order valence-corrected chi connectivity index (χ2v) is 8.06. The van der Waals surface area contributed by atoms with Gasteiger partial charge in [-0.05, 0) is 38.5 Å². The number of likely N-dealkylation sites (tertiary alicyclic amines) is 1. The first-order valence-corrected chi connectivity index (χ1v) is 9.52. The van der Waals surface area contributed by atoms with Gasteiger partial charge in [-0.3, -0.25) is 9.48 Å². The minimum Gasteiger partial charge on any atom is -0.392 e. The topological polar surface area (TPSA) is 78.6 Å². The van der Waals surface area contributed by atoms with Crippen LogP contribution in [-0.4, -0.2) is 56.1 Å². The summed E-state index contributed by atoms with van der Waals surface area (Å²) in [4.78, 5) is 14.3. The van der Waals surface area contributed by atoms with Crippen LogP contribution in [0.5, 0.6) is 0 Å². The fraction of sp³-hybridized carbons (Fsp3) is 0.778. The van der Waals surface area contributed by atoms with Crippen LogP contribution >= 0.6 is 0 Å². The molecule has 3 aliphatic rings. The lowest BCUT2D eigenvalue weighted by Crippen LogP contribution is -2.65. The van der Waals surface area contributed by atoms with E-state index < -0.39 is 29.5 Å². The minimum atomic E-state index is -4.52. The highest BCUT2D eigenvalue weighted by molar-refractivity contribution is 5.76. The van der Waals surface area contributed by atoms with Gasteiger partial charge in [0.05, 0.1) is 12.2 Å². The van der Waals surface area contributed by atoms with Crippen LogP contribution in [0.3, 0.4) is 0 Å². The quantitative estimate of drug-likeness (QED) is 0.807. The Morgan fingerprint density at radius 3 is 2.56 bits per heavy atom.